The van der Waals surface area contributed by atoms with E-state index in [1.807, 2.05) is 19.9 Å². The zero-order valence-corrected chi connectivity index (χ0v) is 8.63. The third-order valence-electron chi connectivity index (χ3n) is 2.07. The van der Waals surface area contributed by atoms with Crippen LogP contribution in [0.5, 0.6) is 5.75 Å². The van der Waals surface area contributed by atoms with Crippen LogP contribution < -0.4 is 4.74 Å². The van der Waals surface area contributed by atoms with Gasteiger partial charge in [0.25, 0.3) is 0 Å². The van der Waals surface area contributed by atoms with E-state index in [-0.39, 0.29) is 5.78 Å². The molecule has 0 spiro atoms. The number of carbonyl (C=O) groups excluding carboxylic acids is 1. The van der Waals surface area contributed by atoms with Crippen LogP contribution in [-0.4, -0.2) is 24.6 Å². The van der Waals surface area contributed by atoms with Crippen molar-refractivity contribution in [3.63, 3.8) is 0 Å². The predicted octanol–water partition coefficient (Wildman–Crippen LogP) is 1.49. The highest BCUT2D eigenvalue weighted by Crippen LogP contribution is 2.25. The van der Waals surface area contributed by atoms with Crippen LogP contribution in [0.3, 0.4) is 0 Å². The number of hydrogen-bond acceptors (Lipinski definition) is 3. The summed E-state index contributed by atoms with van der Waals surface area (Å²) in [5, 5.41) is 8.78. The Hall–Kier alpha value is -1.35. The molecule has 0 heterocycles. The molecule has 0 aromatic heterocycles. The van der Waals surface area contributed by atoms with Crippen molar-refractivity contribution in [1.29, 1.82) is 0 Å². The van der Waals surface area contributed by atoms with Crippen molar-refractivity contribution in [2.24, 2.45) is 0 Å². The zero-order chi connectivity index (χ0) is 10.7. The molecule has 14 heavy (non-hydrogen) atoms. The van der Waals surface area contributed by atoms with Gasteiger partial charge in [0.1, 0.15) is 12.4 Å². The number of ether oxygens (including phenoxy) is 1. The summed E-state index contributed by atoms with van der Waals surface area (Å²) < 4.78 is 5.12. The molecule has 76 valence electrons. The minimum Gasteiger partial charge on any atom is -0.496 e. The first kappa shape index (κ1) is 10.7. The number of aliphatic hydroxyl groups excluding tert-OH is 1. The van der Waals surface area contributed by atoms with Crippen LogP contribution in [0.2, 0.25) is 0 Å². The summed E-state index contributed by atoms with van der Waals surface area (Å²) in [4.78, 5) is 11.4. The molecule has 0 aliphatic rings. The largest absolute Gasteiger partial charge is 0.496 e. The molecule has 0 aliphatic carbocycles. The molecule has 3 heteroatoms. The van der Waals surface area contributed by atoms with Crippen LogP contribution in [0.1, 0.15) is 21.5 Å². The highest BCUT2D eigenvalue weighted by Gasteiger charge is 2.13. The molecule has 3 nitrogen and oxygen atoms in total. The highest BCUT2D eigenvalue weighted by molar-refractivity contribution is 6.00. The third-order valence-corrected chi connectivity index (χ3v) is 2.07. The third kappa shape index (κ3) is 1.93. The van der Waals surface area contributed by atoms with Crippen LogP contribution in [0.15, 0.2) is 12.1 Å². The van der Waals surface area contributed by atoms with Gasteiger partial charge in [0.15, 0.2) is 5.78 Å². The summed E-state index contributed by atoms with van der Waals surface area (Å²) in [5.74, 6) is 0.239. The lowest BCUT2D eigenvalue weighted by atomic mass is 10.0. The van der Waals surface area contributed by atoms with Gasteiger partial charge in [0.05, 0.1) is 12.7 Å². The lowest BCUT2D eigenvalue weighted by Crippen LogP contribution is -2.08. The number of hydrogen-bond donors (Lipinski definition) is 1. The molecule has 0 bridgehead atoms. The van der Waals surface area contributed by atoms with E-state index < -0.39 is 6.61 Å². The molecule has 1 aromatic rings. The van der Waals surface area contributed by atoms with Crippen LogP contribution >= 0.6 is 0 Å². The molecule has 1 N–H and O–H groups in total. The molecular formula is C11H14O3. The lowest BCUT2D eigenvalue weighted by molar-refractivity contribution is 0.0900. The Bertz CT molecular complexity index is 356. The van der Waals surface area contributed by atoms with Gasteiger partial charge in [-0.2, -0.15) is 0 Å². The second kappa shape index (κ2) is 4.24. The van der Waals surface area contributed by atoms with Crippen molar-refractivity contribution in [3.8, 4) is 5.75 Å². The number of Topliss-reactive ketones (excluding diaryl/α,β-unsaturated/α-hetero) is 1. The summed E-state index contributed by atoms with van der Waals surface area (Å²) in [7, 11) is 1.52. The van der Waals surface area contributed by atoms with Crippen LogP contribution in [0.4, 0.5) is 0 Å². The molecule has 0 radical (unpaired) electrons. The standard InChI is InChI=1S/C11H14O3/c1-7-4-8(2)11(14-3)9(5-7)10(13)6-12/h4-5,12H,6H2,1-3H3. The molecule has 1 rings (SSSR count). The van der Waals surface area contributed by atoms with E-state index in [0.717, 1.165) is 11.1 Å². The fourth-order valence-corrected chi connectivity index (χ4v) is 1.52. The number of aryl methyl sites for hydroxylation is 2. The maximum Gasteiger partial charge on any atom is 0.191 e. The van der Waals surface area contributed by atoms with E-state index >= 15 is 0 Å². The second-order valence-corrected chi connectivity index (χ2v) is 3.24. The van der Waals surface area contributed by atoms with Crippen LogP contribution in [0.25, 0.3) is 0 Å². The molecule has 0 aliphatic heterocycles. The van der Waals surface area contributed by atoms with Crippen LogP contribution in [0, 0.1) is 13.8 Å². The zero-order valence-electron chi connectivity index (χ0n) is 8.63. The number of rotatable bonds is 3. The first-order chi connectivity index (χ1) is 6.60. The van der Waals surface area contributed by atoms with Crippen molar-refractivity contribution in [2.75, 3.05) is 13.7 Å². The van der Waals surface area contributed by atoms with E-state index in [2.05, 4.69) is 0 Å². The number of benzene rings is 1. The maximum absolute atomic E-state index is 11.4. The molecule has 0 atom stereocenters. The van der Waals surface area contributed by atoms with Gasteiger partial charge in [-0.05, 0) is 31.0 Å². The molecular weight excluding hydrogens is 180 g/mol. The van der Waals surface area contributed by atoms with Crippen molar-refractivity contribution < 1.29 is 14.6 Å². The van der Waals surface area contributed by atoms with E-state index in [1.54, 1.807) is 6.07 Å². The molecule has 0 saturated heterocycles. The molecule has 0 unspecified atom stereocenters. The second-order valence-electron chi connectivity index (χ2n) is 3.24. The van der Waals surface area contributed by atoms with Crippen molar-refractivity contribution >= 4 is 5.78 Å². The molecule has 0 amide bonds. The highest BCUT2D eigenvalue weighted by atomic mass is 16.5. The van der Waals surface area contributed by atoms with Crippen molar-refractivity contribution in [1.82, 2.24) is 0 Å². The first-order valence-electron chi connectivity index (χ1n) is 4.39. The molecule has 0 saturated carbocycles. The van der Waals surface area contributed by atoms with Gasteiger partial charge in [0, 0.05) is 0 Å². The van der Waals surface area contributed by atoms with E-state index in [0.29, 0.717) is 11.3 Å². The fraction of sp³-hybridized carbons (Fsp3) is 0.364. The van der Waals surface area contributed by atoms with Crippen LogP contribution in [-0.2, 0) is 0 Å². The van der Waals surface area contributed by atoms with Gasteiger partial charge in [-0.15, -0.1) is 0 Å². The quantitative estimate of drug-likeness (QED) is 0.741. The van der Waals surface area contributed by atoms with Gasteiger partial charge in [-0.3, -0.25) is 4.79 Å². The Morgan fingerprint density at radius 3 is 2.57 bits per heavy atom. The topological polar surface area (TPSA) is 46.5 Å². The van der Waals surface area contributed by atoms with Gasteiger partial charge < -0.3 is 9.84 Å². The van der Waals surface area contributed by atoms with Gasteiger partial charge >= 0.3 is 0 Å². The Kier molecular flexibility index (Phi) is 3.25. The Balaban J connectivity index is 3.32. The summed E-state index contributed by atoms with van der Waals surface area (Å²) >= 11 is 0. The first-order valence-corrected chi connectivity index (χ1v) is 4.39. The molecule has 1 aromatic carbocycles. The average molecular weight is 194 g/mol. The number of methoxy groups -OCH3 is 1. The minimum atomic E-state index is -0.487. The van der Waals surface area contributed by atoms with Gasteiger partial charge in [0.2, 0.25) is 0 Å². The van der Waals surface area contributed by atoms with Crippen molar-refractivity contribution in [3.05, 3.63) is 28.8 Å². The number of aliphatic hydroxyl groups is 1. The normalized spacial score (nSPS) is 10.0. The average Bonchev–Trinajstić information content (AvgIpc) is 2.15. The minimum absolute atomic E-state index is 0.311. The van der Waals surface area contributed by atoms with E-state index in [1.165, 1.54) is 7.11 Å². The van der Waals surface area contributed by atoms with Crippen molar-refractivity contribution in [2.45, 2.75) is 13.8 Å². The SMILES string of the molecule is COc1c(C)cc(C)cc1C(=O)CO. The smallest absolute Gasteiger partial charge is 0.191 e. The summed E-state index contributed by atoms with van der Waals surface area (Å²) in [6.07, 6.45) is 0. The maximum atomic E-state index is 11.4. The summed E-state index contributed by atoms with van der Waals surface area (Å²) in [6, 6.07) is 3.66. The lowest BCUT2D eigenvalue weighted by Gasteiger charge is -2.10. The summed E-state index contributed by atoms with van der Waals surface area (Å²) in [5.41, 5.74) is 2.34. The number of ketones is 1. The summed E-state index contributed by atoms with van der Waals surface area (Å²) in [6.45, 7) is 3.29. The Morgan fingerprint density at radius 2 is 2.07 bits per heavy atom. The fourth-order valence-electron chi connectivity index (χ4n) is 1.52. The van der Waals surface area contributed by atoms with Gasteiger partial charge in [-0.25, -0.2) is 0 Å². The van der Waals surface area contributed by atoms with E-state index in [4.69, 9.17) is 9.84 Å². The predicted molar refractivity (Wildman–Crippen MR) is 53.9 cm³/mol. The Morgan fingerprint density at radius 1 is 1.43 bits per heavy atom. The molecule has 0 fully saturated rings. The number of carbonyl (C=O) groups is 1. The monoisotopic (exact) mass is 194 g/mol. The van der Waals surface area contributed by atoms with E-state index in [9.17, 15) is 4.79 Å². The van der Waals surface area contributed by atoms with Gasteiger partial charge in [-0.1, -0.05) is 6.07 Å². The Labute approximate surface area is 83.3 Å².